The van der Waals surface area contributed by atoms with Gasteiger partial charge in [-0.15, -0.1) is 0 Å². The highest BCUT2D eigenvalue weighted by Crippen LogP contribution is 2.23. The van der Waals surface area contributed by atoms with Crippen LogP contribution in [0.25, 0.3) is 0 Å². The highest BCUT2D eigenvalue weighted by Gasteiger charge is 2.37. The first-order valence-electron chi connectivity index (χ1n) is 6.22. The second kappa shape index (κ2) is 5.97. The molecule has 2 atom stereocenters. The molecule has 0 heterocycles. The lowest BCUT2D eigenvalue weighted by Crippen LogP contribution is -2.41. The number of aliphatic hydroxyl groups excluding tert-OH is 1. The molecule has 4 heteroatoms. The minimum absolute atomic E-state index is 0.138. The Labute approximate surface area is 113 Å². The van der Waals surface area contributed by atoms with Crippen molar-refractivity contribution in [3.05, 3.63) is 35.9 Å². The molecule has 104 valence electrons. The molecule has 0 spiro atoms. The highest BCUT2D eigenvalue weighted by atomic mass is 16.4. The summed E-state index contributed by atoms with van der Waals surface area (Å²) in [6.07, 6.45) is -1.35. The quantitative estimate of drug-likeness (QED) is 0.851. The smallest absolute Gasteiger partial charge is 0.309 e. The van der Waals surface area contributed by atoms with Gasteiger partial charge in [-0.2, -0.15) is 0 Å². The maximum atomic E-state index is 12.0. The lowest BCUT2D eigenvalue weighted by molar-refractivity contribution is -0.152. The number of Topliss-reactive ketones (excluding diaryl/α,β-unsaturated/α-hetero) is 1. The minimum atomic E-state index is -1.49. The van der Waals surface area contributed by atoms with Crippen LogP contribution in [-0.4, -0.2) is 28.1 Å². The van der Waals surface area contributed by atoms with E-state index in [0.29, 0.717) is 0 Å². The Bertz CT molecular complexity index is 445. The van der Waals surface area contributed by atoms with Crippen molar-refractivity contribution in [3.63, 3.8) is 0 Å². The van der Waals surface area contributed by atoms with Crippen molar-refractivity contribution in [2.75, 3.05) is 0 Å². The summed E-state index contributed by atoms with van der Waals surface area (Å²) in [7, 11) is 0. The Balaban J connectivity index is 2.90. The third-order valence-corrected chi connectivity index (χ3v) is 3.00. The van der Waals surface area contributed by atoms with Gasteiger partial charge in [0.05, 0.1) is 5.92 Å². The Morgan fingerprint density at radius 1 is 1.16 bits per heavy atom. The molecule has 1 aromatic rings. The van der Waals surface area contributed by atoms with Gasteiger partial charge >= 0.3 is 5.97 Å². The predicted molar refractivity (Wildman–Crippen MR) is 71.7 cm³/mol. The Morgan fingerprint density at radius 2 is 1.68 bits per heavy atom. The van der Waals surface area contributed by atoms with Crippen LogP contribution in [-0.2, 0) is 16.0 Å². The van der Waals surface area contributed by atoms with E-state index in [-0.39, 0.29) is 6.42 Å². The fraction of sp³-hybridized carbons (Fsp3) is 0.467. The van der Waals surface area contributed by atoms with E-state index < -0.39 is 29.2 Å². The Kier molecular flexibility index (Phi) is 4.84. The van der Waals surface area contributed by atoms with Crippen LogP contribution in [0.4, 0.5) is 0 Å². The molecule has 2 N–H and O–H groups in total. The van der Waals surface area contributed by atoms with E-state index in [1.807, 2.05) is 6.07 Å². The van der Waals surface area contributed by atoms with Crippen LogP contribution in [0.5, 0.6) is 0 Å². The van der Waals surface area contributed by atoms with Gasteiger partial charge in [-0.3, -0.25) is 9.59 Å². The fourth-order valence-electron chi connectivity index (χ4n) is 1.83. The molecular weight excluding hydrogens is 244 g/mol. The molecule has 0 bridgehead atoms. The summed E-state index contributed by atoms with van der Waals surface area (Å²) in [6, 6.07) is 8.99. The molecule has 0 aliphatic carbocycles. The summed E-state index contributed by atoms with van der Waals surface area (Å²) in [5, 5.41) is 19.2. The maximum absolute atomic E-state index is 12.0. The number of carboxylic acid groups (broad SMARTS) is 1. The molecule has 1 aromatic carbocycles. The summed E-state index contributed by atoms with van der Waals surface area (Å²) in [5.41, 5.74) is 0.0275. The zero-order valence-corrected chi connectivity index (χ0v) is 11.5. The first kappa shape index (κ1) is 15.4. The van der Waals surface area contributed by atoms with E-state index in [1.54, 1.807) is 45.0 Å². The average molecular weight is 264 g/mol. The number of carbonyl (C=O) groups is 2. The number of aliphatic hydroxyl groups is 1. The average Bonchev–Trinajstić information content (AvgIpc) is 2.34. The number of aliphatic carboxylic acids is 1. The van der Waals surface area contributed by atoms with Gasteiger partial charge in [0.1, 0.15) is 6.10 Å². The summed E-state index contributed by atoms with van der Waals surface area (Å²) in [6.45, 7) is 5.00. The SMILES string of the molecule is CC(C)(C)C(=O)C(O)C(Cc1ccccc1)C(=O)O. The molecule has 0 saturated carbocycles. The van der Waals surface area contributed by atoms with Crippen LogP contribution >= 0.6 is 0 Å². The van der Waals surface area contributed by atoms with Crippen molar-refractivity contribution in [1.29, 1.82) is 0 Å². The molecule has 4 nitrogen and oxygen atoms in total. The van der Waals surface area contributed by atoms with Crippen molar-refractivity contribution in [1.82, 2.24) is 0 Å². The van der Waals surface area contributed by atoms with Crippen molar-refractivity contribution >= 4 is 11.8 Å². The Hall–Kier alpha value is -1.68. The van der Waals surface area contributed by atoms with Gasteiger partial charge in [0.15, 0.2) is 5.78 Å². The van der Waals surface area contributed by atoms with Gasteiger partial charge < -0.3 is 10.2 Å². The van der Waals surface area contributed by atoms with E-state index in [0.717, 1.165) is 5.56 Å². The molecule has 0 saturated heterocycles. The number of rotatable bonds is 5. The van der Waals surface area contributed by atoms with Gasteiger partial charge in [0.2, 0.25) is 0 Å². The highest BCUT2D eigenvalue weighted by molar-refractivity contribution is 5.91. The first-order chi connectivity index (χ1) is 8.73. The van der Waals surface area contributed by atoms with Crippen LogP contribution in [0.3, 0.4) is 0 Å². The predicted octanol–water partition coefficient (Wildman–Crippen LogP) is 1.91. The number of carbonyl (C=O) groups excluding carboxylic acids is 1. The zero-order valence-electron chi connectivity index (χ0n) is 11.5. The summed E-state index contributed by atoms with van der Waals surface area (Å²) in [5.74, 6) is -2.72. The molecule has 0 fully saturated rings. The van der Waals surface area contributed by atoms with Crippen LogP contribution in [0.1, 0.15) is 26.3 Å². The minimum Gasteiger partial charge on any atom is -0.481 e. The number of carboxylic acids is 1. The molecule has 0 radical (unpaired) electrons. The third kappa shape index (κ3) is 4.17. The van der Waals surface area contributed by atoms with E-state index in [1.165, 1.54) is 0 Å². The van der Waals surface area contributed by atoms with Crippen molar-refractivity contribution in [2.45, 2.75) is 33.3 Å². The van der Waals surface area contributed by atoms with Gasteiger partial charge in [-0.1, -0.05) is 51.1 Å². The first-order valence-corrected chi connectivity index (χ1v) is 6.22. The number of benzene rings is 1. The summed E-state index contributed by atoms with van der Waals surface area (Å²) >= 11 is 0. The zero-order chi connectivity index (χ0) is 14.6. The summed E-state index contributed by atoms with van der Waals surface area (Å²) in [4.78, 5) is 23.3. The lowest BCUT2D eigenvalue weighted by Gasteiger charge is -2.25. The van der Waals surface area contributed by atoms with Crippen LogP contribution in [0, 0.1) is 11.3 Å². The van der Waals surface area contributed by atoms with E-state index >= 15 is 0 Å². The van der Waals surface area contributed by atoms with E-state index in [9.17, 15) is 19.8 Å². The topological polar surface area (TPSA) is 74.6 Å². The number of hydrogen-bond donors (Lipinski definition) is 2. The molecular formula is C15H20O4. The van der Waals surface area contributed by atoms with Gasteiger partial charge in [-0.25, -0.2) is 0 Å². The largest absolute Gasteiger partial charge is 0.481 e. The Morgan fingerprint density at radius 3 is 2.11 bits per heavy atom. The van der Waals surface area contributed by atoms with Gasteiger partial charge in [0.25, 0.3) is 0 Å². The van der Waals surface area contributed by atoms with Crippen LogP contribution in [0.15, 0.2) is 30.3 Å². The lowest BCUT2D eigenvalue weighted by atomic mass is 9.81. The van der Waals surface area contributed by atoms with Crippen molar-refractivity contribution in [3.8, 4) is 0 Å². The molecule has 1 rings (SSSR count). The van der Waals surface area contributed by atoms with Gasteiger partial charge in [0, 0.05) is 5.41 Å². The summed E-state index contributed by atoms with van der Waals surface area (Å²) < 4.78 is 0. The van der Waals surface area contributed by atoms with Crippen LogP contribution < -0.4 is 0 Å². The maximum Gasteiger partial charge on any atom is 0.309 e. The second-order valence-corrected chi connectivity index (χ2v) is 5.69. The number of hydrogen-bond acceptors (Lipinski definition) is 3. The van der Waals surface area contributed by atoms with E-state index in [2.05, 4.69) is 0 Å². The fourth-order valence-corrected chi connectivity index (χ4v) is 1.83. The third-order valence-electron chi connectivity index (χ3n) is 3.00. The molecule has 0 amide bonds. The van der Waals surface area contributed by atoms with Crippen molar-refractivity contribution < 1.29 is 19.8 Å². The van der Waals surface area contributed by atoms with Crippen LogP contribution in [0.2, 0.25) is 0 Å². The molecule has 0 aliphatic rings. The number of ketones is 1. The molecule has 0 aliphatic heterocycles. The van der Waals surface area contributed by atoms with Crippen molar-refractivity contribution in [2.24, 2.45) is 11.3 Å². The monoisotopic (exact) mass is 264 g/mol. The molecule has 19 heavy (non-hydrogen) atoms. The van der Waals surface area contributed by atoms with E-state index in [4.69, 9.17) is 0 Å². The van der Waals surface area contributed by atoms with Gasteiger partial charge in [-0.05, 0) is 12.0 Å². The second-order valence-electron chi connectivity index (χ2n) is 5.69. The normalized spacial score (nSPS) is 14.7. The standard InChI is InChI=1S/C15H20O4/c1-15(2,3)13(17)12(16)11(14(18)19)9-10-7-5-4-6-8-10/h4-8,11-12,16H,9H2,1-3H3,(H,18,19). The molecule has 0 aromatic heterocycles. The molecule has 2 unspecified atom stereocenters.